The minimum atomic E-state index is 0.693. The van der Waals surface area contributed by atoms with E-state index in [-0.39, 0.29) is 0 Å². The van der Waals surface area contributed by atoms with Crippen molar-refractivity contribution in [2.24, 2.45) is 0 Å². The Kier molecular flexibility index (Phi) is 5.67. The Labute approximate surface area is 205 Å². The lowest BCUT2D eigenvalue weighted by molar-refractivity contribution is 0.593. The van der Waals surface area contributed by atoms with Crippen molar-refractivity contribution >= 4 is 32.4 Å². The molecule has 0 saturated heterocycles. The highest BCUT2D eigenvalue weighted by atomic mass is 15.1. The molecule has 2 aromatic heterocycles. The maximum Gasteiger partial charge on any atom is 0.0929 e. The molecule has 0 radical (unpaired) electrons. The third kappa shape index (κ3) is 4.15. The summed E-state index contributed by atoms with van der Waals surface area (Å²) in [7, 11) is 0. The van der Waals surface area contributed by atoms with Gasteiger partial charge in [0.2, 0.25) is 0 Å². The highest BCUT2D eigenvalue weighted by molar-refractivity contribution is 6.09. The molecule has 35 heavy (non-hydrogen) atoms. The first-order valence-corrected chi connectivity index (χ1v) is 12.3. The van der Waals surface area contributed by atoms with Crippen LogP contribution in [0.2, 0.25) is 0 Å². The average Bonchev–Trinajstić information content (AvgIpc) is 2.93. The van der Waals surface area contributed by atoms with Gasteiger partial charge in [-0.05, 0) is 99.3 Å². The Morgan fingerprint density at radius 3 is 2.40 bits per heavy atom. The van der Waals surface area contributed by atoms with Gasteiger partial charge in [-0.1, -0.05) is 61.5 Å². The van der Waals surface area contributed by atoms with Gasteiger partial charge in [-0.3, -0.25) is 4.98 Å². The van der Waals surface area contributed by atoms with Gasteiger partial charge in [0.25, 0.3) is 0 Å². The molecule has 0 saturated carbocycles. The first-order chi connectivity index (χ1) is 17.3. The molecule has 7 rings (SSSR count). The highest BCUT2D eigenvalue weighted by Gasteiger charge is 2.18. The fourth-order valence-corrected chi connectivity index (χ4v) is 5.36. The lowest BCUT2D eigenvalue weighted by atomic mass is 9.81. The van der Waals surface area contributed by atoms with Gasteiger partial charge in [0, 0.05) is 17.8 Å². The monoisotopic (exact) mass is 453 g/mol. The van der Waals surface area contributed by atoms with E-state index in [2.05, 4.69) is 76.7 Å². The summed E-state index contributed by atoms with van der Waals surface area (Å²) in [5, 5.41) is 14.3. The molecule has 1 unspecified atom stereocenters. The van der Waals surface area contributed by atoms with Gasteiger partial charge >= 0.3 is 0 Å². The first kappa shape index (κ1) is 21.4. The van der Waals surface area contributed by atoms with Crippen LogP contribution < -0.4 is 0 Å². The van der Waals surface area contributed by atoms with Crippen LogP contribution in [0.5, 0.6) is 0 Å². The van der Waals surface area contributed by atoms with Crippen molar-refractivity contribution < 1.29 is 0 Å². The van der Waals surface area contributed by atoms with Crippen LogP contribution in [-0.2, 0) is 6.42 Å². The SMILES string of the molecule is CC1CCCc2c1ccc1c2ccc2cc(-c3ccncc3)ccc21.c1ccc2nnccc2c1. The zero-order valence-corrected chi connectivity index (χ0v) is 19.9. The van der Waals surface area contributed by atoms with E-state index in [0.717, 1.165) is 10.9 Å². The Morgan fingerprint density at radius 2 is 1.51 bits per heavy atom. The summed E-state index contributed by atoms with van der Waals surface area (Å²) in [5.74, 6) is 0.693. The molecule has 0 aliphatic heterocycles. The van der Waals surface area contributed by atoms with Crippen molar-refractivity contribution in [3.63, 3.8) is 0 Å². The number of fused-ring (bicyclic) bond motifs is 6. The third-order valence-electron chi connectivity index (χ3n) is 7.20. The molecular formula is C32H27N3. The second kappa shape index (κ2) is 9.27. The van der Waals surface area contributed by atoms with Gasteiger partial charge in [-0.15, -0.1) is 0 Å². The van der Waals surface area contributed by atoms with E-state index < -0.39 is 0 Å². The normalized spacial score (nSPS) is 14.9. The molecule has 1 aliphatic rings. The van der Waals surface area contributed by atoms with Gasteiger partial charge < -0.3 is 0 Å². The summed E-state index contributed by atoms with van der Waals surface area (Å²) in [4.78, 5) is 4.12. The largest absolute Gasteiger partial charge is 0.265 e. The maximum atomic E-state index is 4.12. The zero-order chi connectivity index (χ0) is 23.6. The molecule has 0 amide bonds. The number of aryl methyl sites for hydroxylation is 1. The number of benzene rings is 4. The summed E-state index contributed by atoms with van der Waals surface area (Å²) in [6.45, 7) is 2.37. The molecule has 6 aromatic rings. The van der Waals surface area contributed by atoms with E-state index in [1.807, 2.05) is 42.7 Å². The fraction of sp³-hybridized carbons (Fsp3) is 0.156. The van der Waals surface area contributed by atoms with Crippen molar-refractivity contribution in [3.8, 4) is 11.1 Å². The van der Waals surface area contributed by atoms with Gasteiger partial charge in [-0.25, -0.2) is 0 Å². The van der Waals surface area contributed by atoms with Crippen molar-refractivity contribution in [1.29, 1.82) is 0 Å². The number of hydrogen-bond donors (Lipinski definition) is 0. The van der Waals surface area contributed by atoms with Crippen molar-refractivity contribution in [2.45, 2.75) is 32.1 Å². The minimum Gasteiger partial charge on any atom is -0.265 e. The third-order valence-corrected chi connectivity index (χ3v) is 7.20. The highest BCUT2D eigenvalue weighted by Crippen LogP contribution is 2.38. The molecule has 3 nitrogen and oxygen atoms in total. The van der Waals surface area contributed by atoms with Gasteiger partial charge in [0.15, 0.2) is 0 Å². The topological polar surface area (TPSA) is 38.7 Å². The summed E-state index contributed by atoms with van der Waals surface area (Å²) < 4.78 is 0. The van der Waals surface area contributed by atoms with Crippen molar-refractivity contribution in [3.05, 3.63) is 115 Å². The number of rotatable bonds is 1. The second-order valence-corrected chi connectivity index (χ2v) is 9.35. The van der Waals surface area contributed by atoms with E-state index in [4.69, 9.17) is 0 Å². The van der Waals surface area contributed by atoms with Crippen LogP contribution in [0.15, 0.2) is 104 Å². The predicted octanol–water partition coefficient (Wildman–Crippen LogP) is 8.12. The van der Waals surface area contributed by atoms with Gasteiger partial charge in [-0.2, -0.15) is 10.2 Å². The van der Waals surface area contributed by atoms with Gasteiger partial charge in [0.05, 0.1) is 11.7 Å². The van der Waals surface area contributed by atoms with Crippen LogP contribution in [0.1, 0.15) is 36.8 Å². The quantitative estimate of drug-likeness (QED) is 0.236. The van der Waals surface area contributed by atoms with Crippen LogP contribution in [0, 0.1) is 0 Å². The van der Waals surface area contributed by atoms with E-state index in [1.165, 1.54) is 51.9 Å². The standard InChI is InChI=1S/C24H21N.C8H6N2/c1-16-3-2-4-22-20(16)9-10-23-21-7-5-18(17-11-13-25-14-12-17)15-19(21)6-8-24(22)23;1-2-4-8-7(3-1)5-6-9-10-8/h5-16H,2-4H2,1H3;1-6H. The fourth-order valence-electron chi connectivity index (χ4n) is 5.36. The van der Waals surface area contributed by atoms with E-state index in [9.17, 15) is 0 Å². The molecule has 0 bridgehead atoms. The maximum absolute atomic E-state index is 4.12. The van der Waals surface area contributed by atoms with Crippen LogP contribution in [0.4, 0.5) is 0 Å². The number of aromatic nitrogens is 3. The predicted molar refractivity (Wildman–Crippen MR) is 146 cm³/mol. The molecule has 4 aromatic carbocycles. The first-order valence-electron chi connectivity index (χ1n) is 12.3. The Bertz CT molecular complexity index is 1570. The van der Waals surface area contributed by atoms with Crippen LogP contribution >= 0.6 is 0 Å². The molecule has 0 spiro atoms. The van der Waals surface area contributed by atoms with Crippen molar-refractivity contribution in [1.82, 2.24) is 15.2 Å². The van der Waals surface area contributed by atoms with Crippen LogP contribution in [0.25, 0.3) is 43.6 Å². The van der Waals surface area contributed by atoms with Gasteiger partial charge in [0.1, 0.15) is 0 Å². The number of nitrogens with zero attached hydrogens (tertiary/aromatic N) is 3. The Morgan fingerprint density at radius 1 is 0.686 bits per heavy atom. The molecule has 1 aliphatic carbocycles. The average molecular weight is 454 g/mol. The summed E-state index contributed by atoms with van der Waals surface area (Å²) in [6, 6.07) is 30.2. The van der Waals surface area contributed by atoms with E-state index in [1.54, 1.807) is 17.3 Å². The van der Waals surface area contributed by atoms with E-state index in [0.29, 0.717) is 5.92 Å². The van der Waals surface area contributed by atoms with Crippen LogP contribution in [-0.4, -0.2) is 15.2 Å². The number of pyridine rings is 1. The Hall–Kier alpha value is -4.11. The number of hydrogen-bond acceptors (Lipinski definition) is 3. The van der Waals surface area contributed by atoms with Crippen molar-refractivity contribution in [2.75, 3.05) is 0 Å². The Balaban J connectivity index is 0.000000191. The lowest BCUT2D eigenvalue weighted by Gasteiger charge is -2.24. The summed E-state index contributed by atoms with van der Waals surface area (Å²) in [5.41, 5.74) is 6.56. The summed E-state index contributed by atoms with van der Waals surface area (Å²) in [6.07, 6.45) is 9.26. The van der Waals surface area contributed by atoms with E-state index >= 15 is 0 Å². The molecule has 3 heteroatoms. The minimum absolute atomic E-state index is 0.693. The smallest absolute Gasteiger partial charge is 0.0929 e. The lowest BCUT2D eigenvalue weighted by Crippen LogP contribution is -2.07. The molecular weight excluding hydrogens is 426 g/mol. The molecule has 1 atom stereocenters. The van der Waals surface area contributed by atoms with Crippen LogP contribution in [0.3, 0.4) is 0 Å². The summed E-state index contributed by atoms with van der Waals surface area (Å²) >= 11 is 0. The second-order valence-electron chi connectivity index (χ2n) is 9.35. The molecule has 2 heterocycles. The molecule has 170 valence electrons. The zero-order valence-electron chi connectivity index (χ0n) is 19.9. The molecule has 0 fully saturated rings. The molecule has 0 N–H and O–H groups in total.